The number of ether oxygens (including phenoxy) is 1. The van der Waals surface area contributed by atoms with E-state index in [4.69, 9.17) is 10.5 Å². The van der Waals surface area contributed by atoms with Gasteiger partial charge in [0, 0.05) is 13.7 Å². The van der Waals surface area contributed by atoms with Gasteiger partial charge in [0.25, 0.3) is 0 Å². The maximum atomic E-state index is 12.8. The van der Waals surface area contributed by atoms with E-state index in [1.807, 2.05) is 0 Å². The summed E-state index contributed by atoms with van der Waals surface area (Å²) in [6.45, 7) is 0.694. The molecule has 0 aromatic heterocycles. The average Bonchev–Trinajstić information content (AvgIpc) is 2.32. The van der Waals surface area contributed by atoms with E-state index < -0.39 is 5.82 Å². The smallest absolute Gasteiger partial charge is 0.234 e. The van der Waals surface area contributed by atoms with Crippen LogP contribution in [-0.4, -0.2) is 31.1 Å². The van der Waals surface area contributed by atoms with Crippen molar-refractivity contribution in [1.29, 1.82) is 0 Å². The number of hydrogen-bond acceptors (Lipinski definition) is 4. The summed E-state index contributed by atoms with van der Waals surface area (Å²) in [5.41, 5.74) is 6.26. The highest BCUT2D eigenvalue weighted by Crippen LogP contribution is 2.19. The molecule has 0 unspecified atom stereocenters. The summed E-state index contributed by atoms with van der Waals surface area (Å²) in [4.78, 5) is 11.6. The van der Waals surface area contributed by atoms with Crippen LogP contribution in [0.15, 0.2) is 18.2 Å². The highest BCUT2D eigenvalue weighted by molar-refractivity contribution is 7.99. The molecular formula is C12H17FN2O2S. The van der Waals surface area contributed by atoms with Crippen LogP contribution < -0.4 is 11.1 Å². The van der Waals surface area contributed by atoms with E-state index in [0.717, 1.165) is 12.2 Å². The molecule has 1 rings (SSSR count). The molecule has 1 aromatic rings. The number of thioether (sulfide) groups is 1. The first kappa shape index (κ1) is 14.8. The van der Waals surface area contributed by atoms with Gasteiger partial charge in [-0.3, -0.25) is 4.79 Å². The summed E-state index contributed by atoms with van der Waals surface area (Å²) in [7, 11) is 1.65. The molecule has 0 saturated carbocycles. The molecule has 4 nitrogen and oxygen atoms in total. The number of halogens is 1. The molecule has 6 heteroatoms. The van der Waals surface area contributed by atoms with Gasteiger partial charge in [-0.1, -0.05) is 0 Å². The lowest BCUT2D eigenvalue weighted by Crippen LogP contribution is -2.15. The number of hydrogen-bond donors (Lipinski definition) is 2. The van der Waals surface area contributed by atoms with E-state index in [2.05, 4.69) is 5.32 Å². The zero-order valence-corrected chi connectivity index (χ0v) is 11.1. The maximum Gasteiger partial charge on any atom is 0.234 e. The molecular weight excluding hydrogens is 255 g/mol. The Hall–Kier alpha value is -1.27. The van der Waals surface area contributed by atoms with Crippen molar-refractivity contribution in [3.8, 4) is 0 Å². The van der Waals surface area contributed by atoms with Gasteiger partial charge in [0.15, 0.2) is 0 Å². The van der Waals surface area contributed by atoms with Crippen LogP contribution in [0.3, 0.4) is 0 Å². The van der Waals surface area contributed by atoms with Crippen LogP contribution in [0.4, 0.5) is 15.8 Å². The summed E-state index contributed by atoms with van der Waals surface area (Å²) >= 11 is 1.52. The lowest BCUT2D eigenvalue weighted by Gasteiger charge is -2.07. The second-order valence-corrected chi connectivity index (χ2v) is 4.78. The minimum Gasteiger partial charge on any atom is -0.397 e. The molecule has 0 atom stereocenters. The van der Waals surface area contributed by atoms with E-state index in [1.54, 1.807) is 7.11 Å². The van der Waals surface area contributed by atoms with Gasteiger partial charge in [-0.05, 0) is 30.4 Å². The first-order valence-electron chi connectivity index (χ1n) is 5.55. The Balaban J connectivity index is 2.31. The van der Waals surface area contributed by atoms with Gasteiger partial charge >= 0.3 is 0 Å². The zero-order valence-electron chi connectivity index (χ0n) is 10.2. The van der Waals surface area contributed by atoms with Crippen LogP contribution in [0.5, 0.6) is 0 Å². The van der Waals surface area contributed by atoms with Gasteiger partial charge in [0.05, 0.1) is 17.1 Å². The Bertz CT molecular complexity index is 402. The topological polar surface area (TPSA) is 64.3 Å². The van der Waals surface area contributed by atoms with Crippen LogP contribution in [0.1, 0.15) is 6.42 Å². The third-order valence-corrected chi connectivity index (χ3v) is 3.20. The van der Waals surface area contributed by atoms with E-state index in [-0.39, 0.29) is 11.6 Å². The molecule has 0 spiro atoms. The molecule has 1 amide bonds. The number of methoxy groups -OCH3 is 1. The summed E-state index contributed by atoms with van der Waals surface area (Å²) in [5.74, 6) is 0.649. The van der Waals surface area contributed by atoms with Crippen LogP contribution >= 0.6 is 11.8 Å². The number of anilines is 2. The number of nitrogens with one attached hydrogen (secondary N) is 1. The number of carbonyl (C=O) groups is 1. The first-order valence-corrected chi connectivity index (χ1v) is 6.70. The molecule has 3 N–H and O–H groups in total. The molecule has 0 fully saturated rings. The van der Waals surface area contributed by atoms with Crippen molar-refractivity contribution < 1.29 is 13.9 Å². The van der Waals surface area contributed by atoms with Gasteiger partial charge in [-0.2, -0.15) is 11.8 Å². The van der Waals surface area contributed by atoms with Crippen LogP contribution in [0.25, 0.3) is 0 Å². The predicted octanol–water partition coefficient (Wildman–Crippen LogP) is 2.12. The molecule has 100 valence electrons. The molecule has 18 heavy (non-hydrogen) atoms. The van der Waals surface area contributed by atoms with Crippen LogP contribution in [0, 0.1) is 5.82 Å². The summed E-state index contributed by atoms with van der Waals surface area (Å²) in [6.07, 6.45) is 0.910. The lowest BCUT2D eigenvalue weighted by molar-refractivity contribution is -0.113. The largest absolute Gasteiger partial charge is 0.397 e. The van der Waals surface area contributed by atoms with E-state index >= 15 is 0 Å². The quantitative estimate of drug-likeness (QED) is 0.589. The average molecular weight is 272 g/mol. The molecule has 0 radical (unpaired) electrons. The standard InChI is InChI=1S/C12H17FN2O2S/c1-17-5-2-6-18-8-12(16)15-11-4-3-9(13)7-10(11)14/h3-4,7H,2,5-6,8,14H2,1H3,(H,15,16). The summed E-state index contributed by atoms with van der Waals surface area (Å²) in [5, 5.41) is 2.65. The van der Waals surface area contributed by atoms with Crippen molar-refractivity contribution in [2.24, 2.45) is 0 Å². The number of amides is 1. The first-order chi connectivity index (χ1) is 8.63. The van der Waals surface area contributed by atoms with Gasteiger partial charge < -0.3 is 15.8 Å². The van der Waals surface area contributed by atoms with E-state index in [9.17, 15) is 9.18 Å². The monoisotopic (exact) mass is 272 g/mol. The van der Waals surface area contributed by atoms with Crippen molar-refractivity contribution in [2.75, 3.05) is 36.3 Å². The molecule has 0 aliphatic heterocycles. The number of benzene rings is 1. The Morgan fingerprint density at radius 1 is 1.56 bits per heavy atom. The van der Waals surface area contributed by atoms with Gasteiger partial charge in [0.2, 0.25) is 5.91 Å². The van der Waals surface area contributed by atoms with Crippen LogP contribution in [-0.2, 0) is 9.53 Å². The third kappa shape index (κ3) is 5.37. The molecule has 0 bridgehead atoms. The second-order valence-electron chi connectivity index (χ2n) is 3.68. The fourth-order valence-electron chi connectivity index (χ4n) is 1.30. The Morgan fingerprint density at radius 2 is 2.33 bits per heavy atom. The summed E-state index contributed by atoms with van der Waals surface area (Å²) < 4.78 is 17.7. The Morgan fingerprint density at radius 3 is 3.00 bits per heavy atom. The normalized spacial score (nSPS) is 10.3. The Labute approximate surface area is 110 Å². The minimum absolute atomic E-state index is 0.143. The Kier molecular flexibility index (Phi) is 6.53. The van der Waals surface area contributed by atoms with Crippen molar-refractivity contribution >= 4 is 29.0 Å². The van der Waals surface area contributed by atoms with Crippen molar-refractivity contribution in [3.63, 3.8) is 0 Å². The number of nitrogen functional groups attached to an aromatic ring is 1. The van der Waals surface area contributed by atoms with Crippen molar-refractivity contribution in [1.82, 2.24) is 0 Å². The predicted molar refractivity (Wildman–Crippen MR) is 73.3 cm³/mol. The maximum absolute atomic E-state index is 12.8. The van der Waals surface area contributed by atoms with Crippen molar-refractivity contribution in [3.05, 3.63) is 24.0 Å². The minimum atomic E-state index is -0.417. The van der Waals surface area contributed by atoms with Crippen LogP contribution in [0.2, 0.25) is 0 Å². The number of carbonyl (C=O) groups excluding carboxylic acids is 1. The molecule has 0 saturated heterocycles. The molecule has 1 aromatic carbocycles. The second kappa shape index (κ2) is 7.94. The summed E-state index contributed by atoms with van der Waals surface area (Å²) in [6, 6.07) is 3.90. The molecule has 0 aliphatic rings. The fraction of sp³-hybridized carbons (Fsp3) is 0.417. The van der Waals surface area contributed by atoms with Crippen molar-refractivity contribution in [2.45, 2.75) is 6.42 Å². The van der Waals surface area contributed by atoms with Gasteiger partial charge in [0.1, 0.15) is 5.82 Å². The van der Waals surface area contributed by atoms with E-state index in [0.29, 0.717) is 18.0 Å². The van der Waals surface area contributed by atoms with E-state index in [1.165, 1.54) is 30.0 Å². The van der Waals surface area contributed by atoms with Gasteiger partial charge in [-0.25, -0.2) is 4.39 Å². The number of nitrogens with two attached hydrogens (primary N) is 1. The fourth-order valence-corrected chi connectivity index (χ4v) is 2.03. The molecule has 0 heterocycles. The third-order valence-electron chi connectivity index (χ3n) is 2.16. The highest BCUT2D eigenvalue weighted by Gasteiger charge is 2.06. The lowest BCUT2D eigenvalue weighted by atomic mass is 10.2. The number of rotatable bonds is 7. The highest BCUT2D eigenvalue weighted by atomic mass is 32.2. The molecule has 0 aliphatic carbocycles. The SMILES string of the molecule is COCCCSCC(=O)Nc1ccc(F)cc1N. The van der Waals surface area contributed by atoms with Gasteiger partial charge in [-0.15, -0.1) is 0 Å². The zero-order chi connectivity index (χ0) is 13.4.